The first-order chi connectivity index (χ1) is 24.1. The fourth-order valence-corrected chi connectivity index (χ4v) is 6.46. The predicted octanol–water partition coefficient (Wildman–Crippen LogP) is 8.97. The Balaban J connectivity index is 1.07. The van der Waals surface area contributed by atoms with Gasteiger partial charge in [0.1, 0.15) is 11.5 Å². The van der Waals surface area contributed by atoms with E-state index in [0.29, 0.717) is 22.7 Å². The maximum Gasteiger partial charge on any atom is 0.266 e. The van der Waals surface area contributed by atoms with Gasteiger partial charge in [-0.1, -0.05) is 70.0 Å². The van der Waals surface area contributed by atoms with Crippen molar-refractivity contribution in [3.8, 4) is 45.1 Å². The number of benzene rings is 5. The molecule has 0 saturated carbocycles. The van der Waals surface area contributed by atoms with Gasteiger partial charge in [0.25, 0.3) is 23.6 Å². The van der Waals surface area contributed by atoms with Crippen LogP contribution < -0.4 is 9.64 Å². The summed E-state index contributed by atoms with van der Waals surface area (Å²) in [6, 6.07) is 37.0. The van der Waals surface area contributed by atoms with Crippen molar-refractivity contribution in [1.29, 1.82) is 0 Å². The van der Waals surface area contributed by atoms with Crippen LogP contribution in [0.4, 0.5) is 5.69 Å². The van der Waals surface area contributed by atoms with E-state index in [4.69, 9.17) is 9.72 Å². The van der Waals surface area contributed by atoms with Crippen LogP contribution in [-0.4, -0.2) is 40.6 Å². The maximum atomic E-state index is 13.6. The Kier molecular flexibility index (Phi) is 7.49. The number of nitrogens with zero attached hydrogens (tertiary/aromatic N) is 3. The van der Waals surface area contributed by atoms with Crippen LogP contribution >= 0.6 is 15.9 Å². The Labute approximate surface area is 295 Å². The first-order valence-corrected chi connectivity index (χ1v) is 16.6. The van der Waals surface area contributed by atoms with Gasteiger partial charge in [0.2, 0.25) is 0 Å². The largest absolute Gasteiger partial charge is 0.457 e. The minimum atomic E-state index is -0.475. The summed E-state index contributed by atoms with van der Waals surface area (Å²) in [6.07, 6.45) is 0. The van der Waals surface area contributed by atoms with E-state index in [1.165, 1.54) is 25.2 Å². The number of imide groups is 2. The Morgan fingerprint density at radius 1 is 0.520 bits per heavy atom. The van der Waals surface area contributed by atoms with Gasteiger partial charge in [0.05, 0.1) is 39.3 Å². The van der Waals surface area contributed by atoms with Crippen LogP contribution in [0.2, 0.25) is 0 Å². The molecule has 0 saturated heterocycles. The van der Waals surface area contributed by atoms with Crippen LogP contribution in [0.1, 0.15) is 47.0 Å². The van der Waals surface area contributed by atoms with E-state index in [9.17, 15) is 19.2 Å². The Morgan fingerprint density at radius 3 is 1.60 bits per heavy atom. The molecule has 0 atom stereocenters. The molecule has 8 rings (SSSR count). The molecule has 4 amide bonds. The van der Waals surface area contributed by atoms with Crippen molar-refractivity contribution in [3.05, 3.63) is 154 Å². The van der Waals surface area contributed by atoms with Crippen LogP contribution in [0.25, 0.3) is 33.6 Å². The van der Waals surface area contributed by atoms with Crippen LogP contribution in [0, 0.1) is 6.92 Å². The van der Waals surface area contributed by atoms with Crippen molar-refractivity contribution in [2.24, 2.45) is 0 Å². The van der Waals surface area contributed by atoms with Gasteiger partial charge in [-0.25, -0.2) is 9.88 Å². The minimum absolute atomic E-state index is 0.204. The molecule has 0 bridgehead atoms. The van der Waals surface area contributed by atoms with Crippen LogP contribution in [-0.2, 0) is 0 Å². The van der Waals surface area contributed by atoms with E-state index >= 15 is 0 Å². The predicted molar refractivity (Wildman–Crippen MR) is 194 cm³/mol. The number of aryl methyl sites for hydroxylation is 1. The number of hydrogen-bond donors (Lipinski definition) is 0. The lowest BCUT2D eigenvalue weighted by atomic mass is 9.99. The molecule has 2 aliphatic heterocycles. The SMILES string of the molecule is Cc1ccc(-c2cc(-c3ccc(Br)cc3)cc(-c3ccc(N4C(=O)c5ccc(Oc6ccc7c(c6)C(=O)N(C)C7=O)cc5C4=O)cc3)n2)cc1. The number of hydrogen-bond acceptors (Lipinski definition) is 6. The second kappa shape index (κ2) is 12.0. The summed E-state index contributed by atoms with van der Waals surface area (Å²) in [4.78, 5) is 59.0. The number of aromatic nitrogens is 1. The molecule has 0 N–H and O–H groups in total. The van der Waals surface area contributed by atoms with Crippen molar-refractivity contribution in [3.63, 3.8) is 0 Å². The molecule has 0 spiro atoms. The lowest BCUT2D eigenvalue weighted by Gasteiger charge is -2.15. The molecule has 2 aliphatic rings. The summed E-state index contributed by atoms with van der Waals surface area (Å²) < 4.78 is 6.95. The molecule has 1 aromatic heterocycles. The zero-order valence-electron chi connectivity index (χ0n) is 26.8. The molecule has 0 radical (unpaired) electrons. The van der Waals surface area contributed by atoms with E-state index < -0.39 is 17.7 Å². The zero-order valence-corrected chi connectivity index (χ0v) is 28.4. The van der Waals surface area contributed by atoms with E-state index in [1.807, 2.05) is 37.3 Å². The number of amides is 4. The maximum absolute atomic E-state index is 13.6. The number of rotatable bonds is 6. The number of halogens is 1. The summed E-state index contributed by atoms with van der Waals surface area (Å²) in [5.41, 5.74) is 8.06. The average Bonchev–Trinajstić information content (AvgIpc) is 3.51. The monoisotopic (exact) mass is 719 g/mol. The number of ether oxygens (including phenoxy) is 1. The number of carbonyl (C=O) groups is 4. The lowest BCUT2D eigenvalue weighted by Crippen LogP contribution is -2.29. The average molecular weight is 721 g/mol. The third-order valence-electron chi connectivity index (χ3n) is 8.93. The second-order valence-corrected chi connectivity index (χ2v) is 13.1. The van der Waals surface area contributed by atoms with Crippen LogP contribution in [0.5, 0.6) is 11.5 Å². The van der Waals surface area contributed by atoms with Gasteiger partial charge in [-0.15, -0.1) is 0 Å². The molecule has 9 heteroatoms. The summed E-state index contributed by atoms with van der Waals surface area (Å²) in [7, 11) is 1.43. The normalized spacial score (nSPS) is 13.6. The number of fused-ring (bicyclic) bond motifs is 2. The third-order valence-corrected chi connectivity index (χ3v) is 9.46. The standard InChI is InChI=1S/C41H26BrN3O5/c1-23-3-5-25(6-4-23)36-19-27(24-7-11-28(42)12-8-24)20-37(43-36)26-9-13-29(14-10-26)45-40(48)33-18-16-31(22-35(33)41(45)49)50-30-15-17-32-34(21-30)39(47)44(2)38(32)46/h3-22H,1-2H3. The van der Waals surface area contributed by atoms with E-state index in [1.54, 1.807) is 30.3 Å². The fourth-order valence-electron chi connectivity index (χ4n) is 6.20. The zero-order chi connectivity index (χ0) is 34.7. The van der Waals surface area contributed by atoms with Crippen molar-refractivity contribution in [2.75, 3.05) is 11.9 Å². The second-order valence-electron chi connectivity index (χ2n) is 12.2. The minimum Gasteiger partial charge on any atom is -0.457 e. The molecule has 5 aromatic carbocycles. The quantitative estimate of drug-likeness (QED) is 0.160. The molecule has 50 heavy (non-hydrogen) atoms. The molecule has 0 fully saturated rings. The molecular formula is C41H26BrN3O5. The summed E-state index contributed by atoms with van der Waals surface area (Å²) in [5.74, 6) is -1.06. The van der Waals surface area contributed by atoms with Gasteiger partial charge in [0.15, 0.2) is 0 Å². The molecular weight excluding hydrogens is 694 g/mol. The van der Waals surface area contributed by atoms with E-state index in [0.717, 1.165) is 53.5 Å². The van der Waals surface area contributed by atoms with Gasteiger partial charge in [-0.3, -0.25) is 24.1 Å². The first-order valence-electron chi connectivity index (χ1n) is 15.8. The molecule has 0 unspecified atom stereocenters. The number of pyridine rings is 1. The van der Waals surface area contributed by atoms with Crippen molar-refractivity contribution < 1.29 is 23.9 Å². The van der Waals surface area contributed by atoms with Crippen molar-refractivity contribution in [2.45, 2.75) is 6.92 Å². The smallest absolute Gasteiger partial charge is 0.266 e. The van der Waals surface area contributed by atoms with Gasteiger partial charge in [0, 0.05) is 22.6 Å². The molecule has 3 heterocycles. The molecule has 8 nitrogen and oxygen atoms in total. The molecule has 0 aliphatic carbocycles. The number of carbonyl (C=O) groups excluding carboxylic acids is 4. The highest BCUT2D eigenvalue weighted by Gasteiger charge is 2.37. The Bertz CT molecular complexity index is 2340. The topological polar surface area (TPSA) is 96.9 Å². The fraction of sp³-hybridized carbons (Fsp3) is 0.0488. The summed E-state index contributed by atoms with van der Waals surface area (Å²) in [5, 5.41) is 0. The molecule has 242 valence electrons. The van der Waals surface area contributed by atoms with Crippen molar-refractivity contribution >= 4 is 45.2 Å². The highest BCUT2D eigenvalue weighted by molar-refractivity contribution is 9.10. The summed E-state index contributed by atoms with van der Waals surface area (Å²) >= 11 is 3.52. The molecule has 6 aromatic rings. The van der Waals surface area contributed by atoms with Crippen LogP contribution in [0.3, 0.4) is 0 Å². The van der Waals surface area contributed by atoms with Gasteiger partial charge in [-0.2, -0.15) is 0 Å². The number of anilines is 1. The summed E-state index contributed by atoms with van der Waals surface area (Å²) in [6.45, 7) is 2.05. The van der Waals surface area contributed by atoms with Gasteiger partial charge >= 0.3 is 0 Å². The van der Waals surface area contributed by atoms with E-state index in [-0.39, 0.29) is 22.6 Å². The highest BCUT2D eigenvalue weighted by Crippen LogP contribution is 2.36. The third kappa shape index (κ3) is 5.38. The Morgan fingerprint density at radius 2 is 1.00 bits per heavy atom. The van der Waals surface area contributed by atoms with Crippen molar-refractivity contribution in [1.82, 2.24) is 9.88 Å². The Hall–Kier alpha value is -6.19. The first kappa shape index (κ1) is 31.1. The van der Waals surface area contributed by atoms with Gasteiger partial charge < -0.3 is 4.74 Å². The van der Waals surface area contributed by atoms with Crippen LogP contribution in [0.15, 0.2) is 126 Å². The van der Waals surface area contributed by atoms with E-state index in [2.05, 4.69) is 58.4 Å². The van der Waals surface area contributed by atoms with Gasteiger partial charge in [-0.05, 0) is 90.8 Å². The highest BCUT2D eigenvalue weighted by atomic mass is 79.9. The lowest BCUT2D eigenvalue weighted by molar-refractivity contribution is 0.0692.